The molecule has 33 heavy (non-hydrogen) atoms. The van der Waals surface area contributed by atoms with Crippen LogP contribution in [0, 0.1) is 11.3 Å². The van der Waals surface area contributed by atoms with Crippen LogP contribution in [0.5, 0.6) is 0 Å². The average Bonchev–Trinajstić information content (AvgIpc) is 3.18. The molecule has 1 heterocycles. The van der Waals surface area contributed by atoms with Crippen molar-refractivity contribution in [1.82, 2.24) is 10.3 Å². The van der Waals surface area contributed by atoms with Gasteiger partial charge in [0.15, 0.2) is 0 Å². The quantitative estimate of drug-likeness (QED) is 0.462. The summed E-state index contributed by atoms with van der Waals surface area (Å²) < 4.78 is 10.3. The molecule has 0 saturated carbocycles. The minimum atomic E-state index is -0.864. The van der Waals surface area contributed by atoms with Gasteiger partial charge in [-0.25, -0.2) is 9.59 Å². The molecule has 0 radical (unpaired) electrons. The molecule has 8 nitrogen and oxygen atoms in total. The number of amides is 1. The number of nitrogens with zero attached hydrogens (tertiary/aromatic N) is 1. The molecule has 2 aromatic carbocycles. The third-order valence-electron chi connectivity index (χ3n) is 5.00. The molecule has 3 N–H and O–H groups in total. The molecule has 1 aromatic heterocycles. The van der Waals surface area contributed by atoms with Crippen LogP contribution in [0.3, 0.4) is 0 Å². The Morgan fingerprint density at radius 1 is 1.12 bits per heavy atom. The number of ether oxygens (including phenoxy) is 2. The summed E-state index contributed by atoms with van der Waals surface area (Å²) in [5.74, 6) is -0.525. The van der Waals surface area contributed by atoms with E-state index >= 15 is 0 Å². The van der Waals surface area contributed by atoms with Crippen molar-refractivity contribution in [3.05, 3.63) is 65.9 Å². The largest absolute Gasteiger partial charge is 0.465 e. The second kappa shape index (κ2) is 10.1. The van der Waals surface area contributed by atoms with Gasteiger partial charge in [0.25, 0.3) is 0 Å². The van der Waals surface area contributed by atoms with Crippen LogP contribution in [0.2, 0.25) is 0 Å². The highest BCUT2D eigenvalue weighted by Gasteiger charge is 2.28. The van der Waals surface area contributed by atoms with E-state index in [1.807, 2.05) is 30.5 Å². The van der Waals surface area contributed by atoms with E-state index in [1.165, 1.54) is 7.11 Å². The lowest BCUT2D eigenvalue weighted by molar-refractivity contribution is 0.0501. The van der Waals surface area contributed by atoms with Gasteiger partial charge in [0.05, 0.1) is 24.8 Å². The number of aromatic amines is 1. The fourth-order valence-corrected chi connectivity index (χ4v) is 3.54. The van der Waals surface area contributed by atoms with Gasteiger partial charge in [-0.15, -0.1) is 0 Å². The molecule has 2 atom stereocenters. The maximum atomic E-state index is 12.6. The normalized spacial score (nSPS) is 12.9. The third kappa shape index (κ3) is 6.04. The molecule has 0 spiro atoms. The molecular formula is C25H28N4O4. The molecule has 8 heteroatoms. The Hall–Kier alpha value is -3.99. The molecule has 0 aliphatic carbocycles. The lowest BCUT2D eigenvalue weighted by atomic mass is 9.99. The number of hydrogen-bond acceptors (Lipinski definition) is 6. The predicted molar refractivity (Wildman–Crippen MR) is 126 cm³/mol. The van der Waals surface area contributed by atoms with Gasteiger partial charge in [-0.3, -0.25) is 0 Å². The SMILES string of the molecule is COC(=O)c1ccccc1NC(C#N)[C@@H](Cc1c[nH]c2ccccc12)NC(=O)OC(C)(C)C. The fraction of sp³-hybridized carbons (Fsp3) is 0.320. The predicted octanol–water partition coefficient (Wildman–Crippen LogP) is 4.39. The van der Waals surface area contributed by atoms with E-state index < -0.39 is 29.7 Å². The van der Waals surface area contributed by atoms with Gasteiger partial charge in [-0.1, -0.05) is 30.3 Å². The number of fused-ring (bicyclic) bond motifs is 1. The van der Waals surface area contributed by atoms with E-state index in [4.69, 9.17) is 9.47 Å². The number of para-hydroxylation sites is 2. The van der Waals surface area contributed by atoms with E-state index in [0.717, 1.165) is 16.5 Å². The first kappa shape index (κ1) is 23.7. The number of nitrogens with one attached hydrogen (secondary N) is 3. The van der Waals surface area contributed by atoms with E-state index in [2.05, 4.69) is 21.7 Å². The summed E-state index contributed by atoms with van der Waals surface area (Å²) in [6.45, 7) is 5.32. The average molecular weight is 449 g/mol. The maximum absolute atomic E-state index is 12.6. The van der Waals surface area contributed by atoms with Crippen molar-refractivity contribution in [2.24, 2.45) is 0 Å². The number of esters is 1. The van der Waals surface area contributed by atoms with E-state index in [9.17, 15) is 14.9 Å². The Kier molecular flexibility index (Phi) is 7.23. The van der Waals surface area contributed by atoms with Crippen molar-refractivity contribution in [3.63, 3.8) is 0 Å². The summed E-state index contributed by atoms with van der Waals surface area (Å²) in [6, 6.07) is 15.3. The summed E-state index contributed by atoms with van der Waals surface area (Å²) in [6.07, 6.45) is 1.59. The maximum Gasteiger partial charge on any atom is 0.407 e. The molecule has 0 aliphatic rings. The van der Waals surface area contributed by atoms with Crippen molar-refractivity contribution in [2.45, 2.75) is 44.9 Å². The fourth-order valence-electron chi connectivity index (χ4n) is 3.54. The Morgan fingerprint density at radius 3 is 2.52 bits per heavy atom. The van der Waals surface area contributed by atoms with Crippen LogP contribution in [0.4, 0.5) is 10.5 Å². The lowest BCUT2D eigenvalue weighted by Crippen LogP contribution is -2.49. The molecular weight excluding hydrogens is 420 g/mol. The number of hydrogen-bond donors (Lipinski definition) is 3. The first-order chi connectivity index (χ1) is 15.7. The van der Waals surface area contributed by atoms with Crippen LogP contribution in [0.1, 0.15) is 36.7 Å². The highest BCUT2D eigenvalue weighted by atomic mass is 16.6. The van der Waals surface area contributed by atoms with Gasteiger partial charge < -0.3 is 25.1 Å². The monoisotopic (exact) mass is 448 g/mol. The number of rotatable bonds is 7. The number of carbonyl (C=O) groups excluding carboxylic acids is 2. The van der Waals surface area contributed by atoms with Gasteiger partial charge in [-0.05, 0) is 51.0 Å². The summed E-state index contributed by atoms with van der Waals surface area (Å²) in [5.41, 5.74) is 1.94. The standard InChI is InChI=1S/C25H28N4O4/c1-25(2,3)33-24(31)29-21(13-16-15-27-19-11-7-5-9-17(16)19)22(14-26)28-20-12-8-6-10-18(20)23(30)32-4/h5-12,15,21-22,27-28H,13H2,1-4H3,(H,29,31)/t21-,22?/m1/s1. The van der Waals surface area contributed by atoms with Crippen LogP contribution in [0.25, 0.3) is 10.9 Å². The number of methoxy groups -OCH3 is 1. The van der Waals surface area contributed by atoms with E-state index in [-0.39, 0.29) is 0 Å². The molecule has 1 amide bonds. The van der Waals surface area contributed by atoms with Crippen LogP contribution >= 0.6 is 0 Å². The zero-order chi connectivity index (χ0) is 24.0. The van der Waals surface area contributed by atoms with Gasteiger partial charge in [-0.2, -0.15) is 5.26 Å². The minimum Gasteiger partial charge on any atom is -0.465 e. The first-order valence-electron chi connectivity index (χ1n) is 10.6. The molecule has 172 valence electrons. The highest BCUT2D eigenvalue weighted by molar-refractivity contribution is 5.95. The molecule has 0 bridgehead atoms. The van der Waals surface area contributed by atoms with Gasteiger partial charge in [0, 0.05) is 22.8 Å². The van der Waals surface area contributed by atoms with Crippen molar-refractivity contribution in [1.29, 1.82) is 5.26 Å². The number of alkyl carbamates (subject to hydrolysis) is 1. The highest BCUT2D eigenvalue weighted by Crippen LogP contribution is 2.23. The molecule has 0 aliphatic heterocycles. The van der Waals surface area contributed by atoms with Crippen molar-refractivity contribution >= 4 is 28.7 Å². The zero-order valence-electron chi connectivity index (χ0n) is 19.1. The zero-order valence-corrected chi connectivity index (χ0v) is 19.1. The van der Waals surface area contributed by atoms with E-state index in [1.54, 1.807) is 45.0 Å². The van der Waals surface area contributed by atoms with Crippen molar-refractivity contribution in [3.8, 4) is 6.07 Å². The molecule has 3 rings (SSSR count). The van der Waals surface area contributed by atoms with Crippen molar-refractivity contribution in [2.75, 3.05) is 12.4 Å². The van der Waals surface area contributed by atoms with Crippen LogP contribution < -0.4 is 10.6 Å². The number of aromatic nitrogens is 1. The lowest BCUT2D eigenvalue weighted by Gasteiger charge is -2.27. The summed E-state index contributed by atoms with van der Waals surface area (Å²) in [5, 5.41) is 16.9. The Morgan fingerprint density at radius 2 is 1.82 bits per heavy atom. The number of anilines is 1. The van der Waals surface area contributed by atoms with Crippen LogP contribution in [-0.2, 0) is 15.9 Å². The topological polar surface area (TPSA) is 116 Å². The van der Waals surface area contributed by atoms with Gasteiger partial charge in [0.1, 0.15) is 11.6 Å². The Balaban J connectivity index is 1.92. The van der Waals surface area contributed by atoms with Crippen LogP contribution in [0.15, 0.2) is 54.7 Å². The number of carbonyl (C=O) groups is 2. The number of H-pyrrole nitrogens is 1. The number of nitriles is 1. The van der Waals surface area contributed by atoms with E-state index in [0.29, 0.717) is 17.7 Å². The van der Waals surface area contributed by atoms with Crippen molar-refractivity contribution < 1.29 is 19.1 Å². The third-order valence-corrected chi connectivity index (χ3v) is 5.00. The molecule has 0 saturated heterocycles. The number of benzene rings is 2. The van der Waals surface area contributed by atoms with Gasteiger partial charge in [0.2, 0.25) is 0 Å². The minimum absolute atomic E-state index is 0.295. The smallest absolute Gasteiger partial charge is 0.407 e. The molecule has 0 fully saturated rings. The second-order valence-corrected chi connectivity index (χ2v) is 8.60. The molecule has 3 aromatic rings. The summed E-state index contributed by atoms with van der Waals surface area (Å²) >= 11 is 0. The first-order valence-corrected chi connectivity index (χ1v) is 10.6. The Labute approximate surface area is 192 Å². The molecule has 1 unspecified atom stereocenters. The summed E-state index contributed by atoms with van der Waals surface area (Å²) in [4.78, 5) is 28.0. The van der Waals surface area contributed by atoms with Gasteiger partial charge >= 0.3 is 12.1 Å². The Bertz CT molecular complexity index is 1170. The van der Waals surface area contributed by atoms with Crippen LogP contribution in [-0.4, -0.2) is 41.8 Å². The second-order valence-electron chi connectivity index (χ2n) is 8.60. The summed E-state index contributed by atoms with van der Waals surface area (Å²) in [7, 11) is 1.30.